The molecule has 6 nitrogen and oxygen atoms in total. The first kappa shape index (κ1) is 16.4. The van der Waals surface area contributed by atoms with Crippen LogP contribution >= 0.6 is 27.5 Å². The molecule has 1 rings (SSSR count). The minimum atomic E-state index is -4.11. The van der Waals surface area contributed by atoms with Gasteiger partial charge >= 0.3 is 5.97 Å². The highest BCUT2D eigenvalue weighted by Gasteiger charge is 2.28. The summed E-state index contributed by atoms with van der Waals surface area (Å²) in [7, 11) is -4.11. The van der Waals surface area contributed by atoms with Gasteiger partial charge in [0.15, 0.2) is 0 Å². The highest BCUT2D eigenvalue weighted by Crippen LogP contribution is 2.29. The lowest BCUT2D eigenvalue weighted by Gasteiger charge is -2.15. The molecule has 1 aromatic rings. The van der Waals surface area contributed by atoms with Crippen LogP contribution in [0.2, 0.25) is 5.02 Å². The lowest BCUT2D eigenvalue weighted by atomic mass is 10.2. The molecular formula is C10H11BrClNO5S. The van der Waals surface area contributed by atoms with Crippen molar-refractivity contribution in [3.63, 3.8) is 0 Å². The first-order valence-electron chi connectivity index (χ1n) is 5.09. The Morgan fingerprint density at radius 3 is 2.58 bits per heavy atom. The molecule has 9 heteroatoms. The Balaban J connectivity index is 3.14. The number of hydrogen-bond donors (Lipinski definition) is 3. The van der Waals surface area contributed by atoms with Crippen LogP contribution < -0.4 is 4.72 Å². The number of aliphatic hydroxyl groups is 1. The van der Waals surface area contributed by atoms with E-state index in [9.17, 15) is 13.2 Å². The number of hydrogen-bond acceptors (Lipinski definition) is 4. The zero-order valence-electron chi connectivity index (χ0n) is 9.51. The summed E-state index contributed by atoms with van der Waals surface area (Å²) in [6, 6.07) is 2.98. The normalized spacial score (nSPS) is 13.2. The first-order chi connectivity index (χ1) is 8.79. The average molecular weight is 373 g/mol. The van der Waals surface area contributed by atoms with E-state index in [4.69, 9.17) is 21.8 Å². The zero-order chi connectivity index (χ0) is 14.6. The summed E-state index contributed by atoms with van der Waals surface area (Å²) in [6.07, 6.45) is -0.239. The van der Waals surface area contributed by atoms with Crippen LogP contribution in [0.3, 0.4) is 0 Å². The van der Waals surface area contributed by atoms with Gasteiger partial charge in [0.1, 0.15) is 10.9 Å². The third-order valence-electron chi connectivity index (χ3n) is 2.20. The number of benzene rings is 1. The number of aliphatic carboxylic acids is 1. The van der Waals surface area contributed by atoms with Gasteiger partial charge < -0.3 is 10.2 Å². The van der Waals surface area contributed by atoms with Gasteiger partial charge in [0.2, 0.25) is 10.0 Å². The number of carbonyl (C=O) groups is 1. The summed E-state index contributed by atoms with van der Waals surface area (Å²) in [6.45, 7) is -0.455. The SMILES string of the molecule is O=C(O)[C@H](CCO)NS(=O)(=O)c1c(Cl)cccc1Br. The van der Waals surface area contributed by atoms with E-state index in [1.807, 2.05) is 4.72 Å². The van der Waals surface area contributed by atoms with Crippen molar-refractivity contribution in [3.8, 4) is 0 Å². The van der Waals surface area contributed by atoms with E-state index in [0.717, 1.165) is 0 Å². The van der Waals surface area contributed by atoms with Gasteiger partial charge in [-0.1, -0.05) is 17.7 Å². The monoisotopic (exact) mass is 371 g/mol. The highest BCUT2D eigenvalue weighted by molar-refractivity contribution is 9.10. The second-order valence-corrected chi connectivity index (χ2v) is 6.49. The Kier molecular flexibility index (Phi) is 5.75. The van der Waals surface area contributed by atoms with E-state index < -0.39 is 28.6 Å². The van der Waals surface area contributed by atoms with E-state index in [2.05, 4.69) is 15.9 Å². The third-order valence-corrected chi connectivity index (χ3v) is 5.12. The van der Waals surface area contributed by atoms with E-state index in [1.165, 1.54) is 12.1 Å². The third kappa shape index (κ3) is 4.15. The van der Waals surface area contributed by atoms with Gasteiger partial charge in [-0.05, 0) is 34.5 Å². The van der Waals surface area contributed by atoms with E-state index in [-0.39, 0.29) is 20.8 Å². The molecule has 0 spiro atoms. The maximum absolute atomic E-state index is 12.1. The average Bonchev–Trinajstić information content (AvgIpc) is 2.27. The van der Waals surface area contributed by atoms with Crippen molar-refractivity contribution in [2.24, 2.45) is 0 Å². The first-order valence-corrected chi connectivity index (χ1v) is 7.75. The molecule has 0 aromatic heterocycles. The fourth-order valence-electron chi connectivity index (χ4n) is 1.35. The van der Waals surface area contributed by atoms with Gasteiger partial charge in [0, 0.05) is 11.1 Å². The minimum Gasteiger partial charge on any atom is -0.480 e. The van der Waals surface area contributed by atoms with Crippen molar-refractivity contribution < 1.29 is 23.4 Å². The Labute approximate surface area is 123 Å². The standard InChI is InChI=1S/C10H11BrClNO5S/c11-6-2-1-3-7(12)9(6)19(17,18)13-8(4-5-14)10(15)16/h1-3,8,13-14H,4-5H2,(H,15,16)/t8-/m0/s1. The number of carboxylic acids is 1. The molecule has 19 heavy (non-hydrogen) atoms. The number of aliphatic hydroxyl groups excluding tert-OH is 1. The van der Waals surface area contributed by atoms with Crippen molar-refractivity contribution in [1.29, 1.82) is 0 Å². The van der Waals surface area contributed by atoms with Gasteiger partial charge in [-0.15, -0.1) is 0 Å². The van der Waals surface area contributed by atoms with Crippen LogP contribution in [0.25, 0.3) is 0 Å². The van der Waals surface area contributed by atoms with Gasteiger partial charge in [-0.25, -0.2) is 8.42 Å². The lowest BCUT2D eigenvalue weighted by Crippen LogP contribution is -2.41. The molecule has 0 radical (unpaired) electrons. The fraction of sp³-hybridized carbons (Fsp3) is 0.300. The summed E-state index contributed by atoms with van der Waals surface area (Å²) in [5, 5.41) is 17.6. The molecule has 0 bridgehead atoms. The number of nitrogens with one attached hydrogen (secondary N) is 1. The summed E-state index contributed by atoms with van der Waals surface area (Å²) >= 11 is 8.86. The second kappa shape index (κ2) is 6.67. The number of rotatable bonds is 6. The van der Waals surface area contributed by atoms with Crippen molar-refractivity contribution >= 4 is 43.5 Å². The Morgan fingerprint density at radius 2 is 2.11 bits per heavy atom. The summed E-state index contributed by atoms with van der Waals surface area (Å²) in [4.78, 5) is 10.7. The molecular weight excluding hydrogens is 362 g/mol. The topological polar surface area (TPSA) is 104 Å². The molecule has 106 valence electrons. The van der Waals surface area contributed by atoms with Gasteiger partial charge in [-0.3, -0.25) is 4.79 Å². The van der Waals surface area contributed by atoms with Crippen LogP contribution in [-0.4, -0.2) is 37.2 Å². The largest absolute Gasteiger partial charge is 0.480 e. The number of halogens is 2. The Morgan fingerprint density at radius 1 is 1.47 bits per heavy atom. The molecule has 0 amide bonds. The molecule has 1 atom stereocenters. The van der Waals surface area contributed by atoms with E-state index in [1.54, 1.807) is 6.07 Å². The van der Waals surface area contributed by atoms with Crippen molar-refractivity contribution in [3.05, 3.63) is 27.7 Å². The van der Waals surface area contributed by atoms with Gasteiger partial charge in [-0.2, -0.15) is 4.72 Å². The molecule has 3 N–H and O–H groups in total. The minimum absolute atomic E-state index is 0.0324. The highest BCUT2D eigenvalue weighted by atomic mass is 79.9. The summed E-state index contributed by atoms with van der Waals surface area (Å²) in [5.41, 5.74) is 0. The molecule has 0 aliphatic carbocycles. The van der Waals surface area contributed by atoms with Crippen LogP contribution in [0.1, 0.15) is 6.42 Å². The van der Waals surface area contributed by atoms with Crippen LogP contribution in [0, 0.1) is 0 Å². The maximum atomic E-state index is 12.1. The van der Waals surface area contributed by atoms with Crippen molar-refractivity contribution in [1.82, 2.24) is 4.72 Å². The molecule has 0 saturated heterocycles. The predicted molar refractivity (Wildman–Crippen MR) is 72.6 cm³/mol. The fourth-order valence-corrected chi connectivity index (χ4v) is 4.31. The van der Waals surface area contributed by atoms with E-state index >= 15 is 0 Å². The second-order valence-electron chi connectivity index (χ2n) is 3.58. The Bertz CT molecular complexity index is 557. The summed E-state index contributed by atoms with van der Waals surface area (Å²) in [5.74, 6) is -1.37. The van der Waals surface area contributed by atoms with Gasteiger partial charge in [0.25, 0.3) is 0 Å². The smallest absolute Gasteiger partial charge is 0.321 e. The molecule has 0 fully saturated rings. The van der Waals surface area contributed by atoms with Crippen molar-refractivity contribution in [2.75, 3.05) is 6.61 Å². The number of carboxylic acid groups (broad SMARTS) is 1. The van der Waals surface area contributed by atoms with E-state index in [0.29, 0.717) is 0 Å². The Hall–Kier alpha value is -0.670. The molecule has 0 aliphatic rings. The van der Waals surface area contributed by atoms with Crippen LogP contribution in [0.4, 0.5) is 0 Å². The maximum Gasteiger partial charge on any atom is 0.321 e. The molecule has 0 aliphatic heterocycles. The summed E-state index contributed by atoms with van der Waals surface area (Å²) < 4.78 is 26.4. The molecule has 0 unspecified atom stereocenters. The zero-order valence-corrected chi connectivity index (χ0v) is 12.7. The van der Waals surface area contributed by atoms with Crippen LogP contribution in [0.15, 0.2) is 27.6 Å². The molecule has 1 aromatic carbocycles. The van der Waals surface area contributed by atoms with Crippen molar-refractivity contribution in [2.45, 2.75) is 17.4 Å². The molecule has 0 heterocycles. The molecule has 0 saturated carbocycles. The quantitative estimate of drug-likeness (QED) is 0.696. The van der Waals surface area contributed by atoms with Gasteiger partial charge in [0.05, 0.1) is 5.02 Å². The number of sulfonamides is 1. The predicted octanol–water partition coefficient (Wildman–Crippen LogP) is 1.22. The van der Waals surface area contributed by atoms with Crippen LogP contribution in [0.5, 0.6) is 0 Å². The lowest BCUT2D eigenvalue weighted by molar-refractivity contribution is -0.139. The van der Waals surface area contributed by atoms with Crippen LogP contribution in [-0.2, 0) is 14.8 Å².